The van der Waals surface area contributed by atoms with Gasteiger partial charge >= 0.3 is 6.18 Å². The lowest BCUT2D eigenvalue weighted by Gasteiger charge is -2.01. The Kier molecular flexibility index (Phi) is 3.04. The summed E-state index contributed by atoms with van der Waals surface area (Å²) in [6.07, 6.45) is -4.54. The van der Waals surface area contributed by atoms with E-state index in [0.717, 1.165) is 0 Å². The largest absolute Gasteiger partial charge is 0.445 e. The van der Waals surface area contributed by atoms with Crippen LogP contribution in [0.3, 0.4) is 0 Å². The minimum Gasteiger partial charge on any atom is -0.366 e. The molecule has 0 radical (unpaired) electrons. The Hall–Kier alpha value is -1.96. The highest BCUT2D eigenvalue weighted by Crippen LogP contribution is 2.35. The number of rotatable bonds is 2. The standard InChI is InChI=1S/C10H6F3N3OS/c11-10(12,13)9-16-15-8(18-9)6-4-2-1-3-5(6)7(14)17/h1-4H,(H2,14,17). The summed E-state index contributed by atoms with van der Waals surface area (Å²) in [6.45, 7) is 0. The van der Waals surface area contributed by atoms with Crippen molar-refractivity contribution in [1.29, 1.82) is 0 Å². The summed E-state index contributed by atoms with van der Waals surface area (Å²) in [5.41, 5.74) is 5.50. The van der Waals surface area contributed by atoms with Gasteiger partial charge in [0.15, 0.2) is 0 Å². The fraction of sp³-hybridized carbons (Fsp3) is 0.100. The van der Waals surface area contributed by atoms with E-state index >= 15 is 0 Å². The van der Waals surface area contributed by atoms with Gasteiger partial charge in [0.1, 0.15) is 5.01 Å². The van der Waals surface area contributed by atoms with Crippen LogP contribution >= 0.6 is 11.3 Å². The van der Waals surface area contributed by atoms with E-state index in [1.54, 1.807) is 12.1 Å². The first-order valence-corrected chi connectivity index (χ1v) is 5.51. The SMILES string of the molecule is NC(=O)c1ccccc1-c1nnc(C(F)(F)F)s1. The fourth-order valence-corrected chi connectivity index (χ4v) is 2.08. The van der Waals surface area contributed by atoms with E-state index in [0.29, 0.717) is 11.3 Å². The quantitative estimate of drug-likeness (QED) is 0.913. The van der Waals surface area contributed by atoms with Crippen molar-refractivity contribution in [2.24, 2.45) is 5.73 Å². The maximum Gasteiger partial charge on any atom is 0.445 e. The lowest BCUT2D eigenvalue weighted by molar-refractivity contribution is -0.138. The maximum absolute atomic E-state index is 12.4. The maximum atomic E-state index is 12.4. The number of benzene rings is 1. The van der Waals surface area contributed by atoms with Crippen LogP contribution in [0.25, 0.3) is 10.6 Å². The van der Waals surface area contributed by atoms with E-state index in [1.165, 1.54) is 12.1 Å². The number of carbonyl (C=O) groups is 1. The fourth-order valence-electron chi connectivity index (χ4n) is 1.33. The van der Waals surface area contributed by atoms with Crippen LogP contribution < -0.4 is 5.73 Å². The molecule has 0 unspecified atom stereocenters. The van der Waals surface area contributed by atoms with E-state index in [9.17, 15) is 18.0 Å². The molecule has 94 valence electrons. The summed E-state index contributed by atoms with van der Waals surface area (Å²) in [7, 11) is 0. The Balaban J connectivity index is 2.50. The molecular formula is C10H6F3N3OS. The van der Waals surface area contributed by atoms with Crippen LogP contribution in [0, 0.1) is 0 Å². The minimum absolute atomic E-state index is 0.0109. The van der Waals surface area contributed by atoms with Crippen molar-refractivity contribution in [2.45, 2.75) is 6.18 Å². The second kappa shape index (κ2) is 4.37. The Bertz CT molecular complexity index is 594. The molecule has 2 rings (SSSR count). The van der Waals surface area contributed by atoms with Crippen LogP contribution in [0.4, 0.5) is 13.2 Å². The molecule has 0 bridgehead atoms. The van der Waals surface area contributed by atoms with Crippen molar-refractivity contribution < 1.29 is 18.0 Å². The highest BCUT2D eigenvalue weighted by molar-refractivity contribution is 7.14. The zero-order valence-corrected chi connectivity index (χ0v) is 9.55. The van der Waals surface area contributed by atoms with Gasteiger partial charge in [-0.2, -0.15) is 13.2 Å². The van der Waals surface area contributed by atoms with Crippen molar-refractivity contribution in [3.05, 3.63) is 34.8 Å². The molecule has 0 fully saturated rings. The van der Waals surface area contributed by atoms with Crippen LogP contribution in [0.2, 0.25) is 0 Å². The smallest absolute Gasteiger partial charge is 0.366 e. The van der Waals surface area contributed by atoms with Gasteiger partial charge in [-0.25, -0.2) is 0 Å². The second-order valence-electron chi connectivity index (χ2n) is 3.32. The predicted molar refractivity (Wildman–Crippen MR) is 58.9 cm³/mol. The third kappa shape index (κ3) is 2.33. The van der Waals surface area contributed by atoms with Gasteiger partial charge in [0.2, 0.25) is 10.9 Å². The lowest BCUT2D eigenvalue weighted by atomic mass is 10.1. The number of carbonyl (C=O) groups excluding carboxylic acids is 1. The molecule has 0 spiro atoms. The van der Waals surface area contributed by atoms with Gasteiger partial charge in [0.25, 0.3) is 0 Å². The molecule has 4 nitrogen and oxygen atoms in total. The number of hydrogen-bond donors (Lipinski definition) is 1. The van der Waals surface area contributed by atoms with Gasteiger partial charge in [0.05, 0.1) is 0 Å². The number of nitrogens with zero attached hydrogens (tertiary/aromatic N) is 2. The molecule has 0 atom stereocenters. The van der Waals surface area contributed by atoms with Gasteiger partial charge in [0, 0.05) is 11.1 Å². The molecule has 0 aliphatic rings. The molecule has 0 aliphatic carbocycles. The molecule has 1 aromatic carbocycles. The zero-order chi connectivity index (χ0) is 13.3. The Morgan fingerprint density at radius 3 is 2.44 bits per heavy atom. The lowest BCUT2D eigenvalue weighted by Crippen LogP contribution is -2.12. The van der Waals surface area contributed by atoms with Crippen molar-refractivity contribution in [1.82, 2.24) is 10.2 Å². The monoisotopic (exact) mass is 273 g/mol. The molecule has 0 saturated carbocycles. The number of halogens is 3. The summed E-state index contributed by atoms with van der Waals surface area (Å²) >= 11 is 0.369. The molecule has 18 heavy (non-hydrogen) atoms. The molecular weight excluding hydrogens is 267 g/mol. The third-order valence-corrected chi connectivity index (χ3v) is 3.09. The second-order valence-corrected chi connectivity index (χ2v) is 4.30. The van der Waals surface area contributed by atoms with Gasteiger partial charge in [-0.15, -0.1) is 10.2 Å². The van der Waals surface area contributed by atoms with Crippen LogP contribution in [0.5, 0.6) is 0 Å². The predicted octanol–water partition coefficient (Wildman–Crippen LogP) is 2.32. The third-order valence-electron chi connectivity index (χ3n) is 2.09. The van der Waals surface area contributed by atoms with Gasteiger partial charge in [-0.1, -0.05) is 29.5 Å². The number of hydrogen-bond acceptors (Lipinski definition) is 4. The number of aromatic nitrogens is 2. The van der Waals surface area contributed by atoms with Gasteiger partial charge < -0.3 is 5.73 Å². The van der Waals surface area contributed by atoms with Gasteiger partial charge in [-0.05, 0) is 6.07 Å². The van der Waals surface area contributed by atoms with Crippen LogP contribution in [0.15, 0.2) is 24.3 Å². The first-order chi connectivity index (χ1) is 8.39. The molecule has 2 N–H and O–H groups in total. The number of primary amides is 1. The van der Waals surface area contributed by atoms with Crippen molar-refractivity contribution in [3.8, 4) is 10.6 Å². The van der Waals surface area contributed by atoms with E-state index in [-0.39, 0.29) is 16.1 Å². The molecule has 2 aromatic rings. The average molecular weight is 273 g/mol. The molecule has 8 heteroatoms. The van der Waals surface area contributed by atoms with E-state index in [1.807, 2.05) is 0 Å². The summed E-state index contributed by atoms with van der Waals surface area (Å²) in [6, 6.07) is 6.04. The van der Waals surface area contributed by atoms with Gasteiger partial charge in [-0.3, -0.25) is 4.79 Å². The molecule has 0 saturated heterocycles. The molecule has 1 aromatic heterocycles. The highest BCUT2D eigenvalue weighted by Gasteiger charge is 2.36. The highest BCUT2D eigenvalue weighted by atomic mass is 32.1. The van der Waals surface area contributed by atoms with E-state index < -0.39 is 17.1 Å². The van der Waals surface area contributed by atoms with Crippen molar-refractivity contribution in [3.63, 3.8) is 0 Å². The summed E-state index contributed by atoms with van der Waals surface area (Å²) in [5.74, 6) is -0.727. The first kappa shape index (κ1) is 12.5. The zero-order valence-electron chi connectivity index (χ0n) is 8.73. The van der Waals surface area contributed by atoms with E-state index in [4.69, 9.17) is 5.73 Å². The summed E-state index contributed by atoms with van der Waals surface area (Å²) in [4.78, 5) is 11.2. The van der Waals surface area contributed by atoms with Crippen molar-refractivity contribution in [2.75, 3.05) is 0 Å². The summed E-state index contributed by atoms with van der Waals surface area (Å²) in [5, 5.41) is 5.44. The van der Waals surface area contributed by atoms with E-state index in [2.05, 4.69) is 10.2 Å². The Morgan fingerprint density at radius 2 is 1.89 bits per heavy atom. The number of amides is 1. The summed E-state index contributed by atoms with van der Waals surface area (Å²) < 4.78 is 37.2. The Morgan fingerprint density at radius 1 is 1.22 bits per heavy atom. The van der Waals surface area contributed by atoms with Crippen LogP contribution in [-0.4, -0.2) is 16.1 Å². The minimum atomic E-state index is -4.54. The van der Waals surface area contributed by atoms with Crippen molar-refractivity contribution >= 4 is 17.2 Å². The van der Waals surface area contributed by atoms with Crippen LogP contribution in [-0.2, 0) is 6.18 Å². The first-order valence-electron chi connectivity index (χ1n) is 4.69. The molecule has 1 heterocycles. The number of alkyl halides is 3. The number of nitrogens with two attached hydrogens (primary N) is 1. The average Bonchev–Trinajstić information content (AvgIpc) is 2.77. The Labute approximate surface area is 103 Å². The van der Waals surface area contributed by atoms with Crippen LogP contribution in [0.1, 0.15) is 15.4 Å². The normalized spacial score (nSPS) is 11.5. The topological polar surface area (TPSA) is 68.9 Å². The molecule has 0 aliphatic heterocycles. The molecule has 1 amide bonds.